The number of thioether (sulfide) groups is 1. The van der Waals surface area contributed by atoms with E-state index in [-0.39, 0.29) is 0 Å². The Balaban J connectivity index is 2.79. The minimum atomic E-state index is -4.23. The van der Waals surface area contributed by atoms with Gasteiger partial charge in [-0.25, -0.2) is 0 Å². The maximum absolute atomic E-state index is 12.3. The molecule has 78 valence electrons. The Labute approximate surface area is 85.5 Å². The molecule has 0 amide bonds. The van der Waals surface area contributed by atoms with Crippen molar-refractivity contribution >= 4 is 11.8 Å². The number of benzene rings is 1. The molecule has 0 unspecified atom stereocenters. The third-order valence-corrected chi connectivity index (χ3v) is 2.83. The van der Waals surface area contributed by atoms with Gasteiger partial charge in [0.05, 0.1) is 5.56 Å². The normalized spacial score (nSPS) is 11.7. The molecule has 1 aromatic carbocycles. The summed E-state index contributed by atoms with van der Waals surface area (Å²) < 4.78 is 36.8. The minimum Gasteiger partial charge on any atom is -0.166 e. The van der Waals surface area contributed by atoms with Crippen molar-refractivity contribution in [3.8, 4) is 0 Å². The topological polar surface area (TPSA) is 0 Å². The van der Waals surface area contributed by atoms with E-state index in [1.807, 2.05) is 6.92 Å². The molecule has 1 aromatic rings. The molecule has 0 aliphatic rings. The van der Waals surface area contributed by atoms with Gasteiger partial charge in [-0.15, -0.1) is 11.8 Å². The van der Waals surface area contributed by atoms with Crippen LogP contribution in [0.3, 0.4) is 0 Å². The highest BCUT2D eigenvalue weighted by Crippen LogP contribution is 2.31. The predicted molar refractivity (Wildman–Crippen MR) is 52.5 cm³/mol. The van der Waals surface area contributed by atoms with E-state index in [0.717, 1.165) is 18.2 Å². The quantitative estimate of drug-likeness (QED) is 0.688. The van der Waals surface area contributed by atoms with Crippen LogP contribution in [-0.2, 0) is 6.18 Å². The van der Waals surface area contributed by atoms with E-state index in [9.17, 15) is 13.2 Å². The second-order valence-electron chi connectivity index (χ2n) is 2.87. The molecule has 0 fully saturated rings. The first kappa shape index (κ1) is 11.4. The van der Waals surface area contributed by atoms with Crippen molar-refractivity contribution < 1.29 is 13.2 Å². The van der Waals surface area contributed by atoms with Crippen LogP contribution >= 0.6 is 11.8 Å². The third kappa shape index (κ3) is 3.25. The van der Waals surface area contributed by atoms with Crippen molar-refractivity contribution in [3.05, 3.63) is 29.8 Å². The van der Waals surface area contributed by atoms with Crippen molar-refractivity contribution in [2.24, 2.45) is 0 Å². The first-order chi connectivity index (χ1) is 6.54. The second-order valence-corrected chi connectivity index (χ2v) is 4.04. The average molecular weight is 220 g/mol. The van der Waals surface area contributed by atoms with Gasteiger partial charge in [0, 0.05) is 4.90 Å². The predicted octanol–water partition coefficient (Wildman–Crippen LogP) is 4.21. The highest BCUT2D eigenvalue weighted by atomic mass is 32.2. The molecule has 0 saturated carbocycles. The maximum atomic E-state index is 12.3. The highest BCUT2D eigenvalue weighted by Gasteiger charge is 2.30. The molecular formula is C10H11F3S. The van der Waals surface area contributed by atoms with Gasteiger partial charge in [-0.05, 0) is 30.4 Å². The van der Waals surface area contributed by atoms with Crippen molar-refractivity contribution in [1.82, 2.24) is 0 Å². The summed E-state index contributed by atoms with van der Waals surface area (Å²) in [5.74, 6) is 0.849. The molecule has 1 rings (SSSR count). The Morgan fingerprint density at radius 3 is 2.57 bits per heavy atom. The van der Waals surface area contributed by atoms with Crippen LogP contribution in [0, 0.1) is 0 Å². The third-order valence-electron chi connectivity index (χ3n) is 1.63. The zero-order valence-electron chi connectivity index (χ0n) is 7.77. The number of halogens is 3. The van der Waals surface area contributed by atoms with Crippen molar-refractivity contribution in [2.75, 3.05) is 5.75 Å². The van der Waals surface area contributed by atoms with Gasteiger partial charge in [0.25, 0.3) is 0 Å². The number of alkyl halides is 3. The fourth-order valence-corrected chi connectivity index (χ4v) is 1.81. The lowest BCUT2D eigenvalue weighted by Gasteiger charge is -2.07. The Morgan fingerprint density at radius 1 is 1.29 bits per heavy atom. The molecule has 0 aliphatic heterocycles. The van der Waals surface area contributed by atoms with Gasteiger partial charge in [-0.2, -0.15) is 13.2 Å². The van der Waals surface area contributed by atoms with Gasteiger partial charge in [-0.1, -0.05) is 13.0 Å². The van der Waals surface area contributed by atoms with Crippen LogP contribution in [-0.4, -0.2) is 5.75 Å². The van der Waals surface area contributed by atoms with Gasteiger partial charge in [0.15, 0.2) is 0 Å². The molecule has 0 saturated heterocycles. The lowest BCUT2D eigenvalue weighted by molar-refractivity contribution is -0.137. The van der Waals surface area contributed by atoms with Gasteiger partial charge in [-0.3, -0.25) is 0 Å². The molecule has 0 radical (unpaired) electrons. The second kappa shape index (κ2) is 4.73. The van der Waals surface area contributed by atoms with Gasteiger partial charge in [0.2, 0.25) is 0 Å². The fraction of sp³-hybridized carbons (Fsp3) is 0.400. The standard InChI is InChI=1S/C10H11F3S/c1-2-6-14-9-5-3-4-8(7-9)10(11,12)13/h3-5,7H,2,6H2,1H3. The molecule has 0 heterocycles. The summed E-state index contributed by atoms with van der Waals surface area (Å²) in [6.07, 6.45) is -3.27. The van der Waals surface area contributed by atoms with Crippen LogP contribution in [0.4, 0.5) is 13.2 Å². The summed E-state index contributed by atoms with van der Waals surface area (Å²) >= 11 is 1.45. The summed E-state index contributed by atoms with van der Waals surface area (Å²) in [5, 5.41) is 0. The summed E-state index contributed by atoms with van der Waals surface area (Å²) in [6.45, 7) is 2.00. The lowest BCUT2D eigenvalue weighted by atomic mass is 10.2. The van der Waals surface area contributed by atoms with Crippen LogP contribution in [0.15, 0.2) is 29.2 Å². The number of hydrogen-bond donors (Lipinski definition) is 0. The van der Waals surface area contributed by atoms with E-state index in [4.69, 9.17) is 0 Å². The summed E-state index contributed by atoms with van der Waals surface area (Å²) in [5.41, 5.74) is -0.571. The smallest absolute Gasteiger partial charge is 0.166 e. The van der Waals surface area contributed by atoms with Crippen molar-refractivity contribution in [3.63, 3.8) is 0 Å². The van der Waals surface area contributed by atoms with E-state index >= 15 is 0 Å². The average Bonchev–Trinajstić information content (AvgIpc) is 2.14. The molecule has 0 bridgehead atoms. The van der Waals surface area contributed by atoms with Crippen LogP contribution < -0.4 is 0 Å². The molecular weight excluding hydrogens is 209 g/mol. The van der Waals surface area contributed by atoms with E-state index in [1.165, 1.54) is 23.9 Å². The number of rotatable bonds is 3. The van der Waals surface area contributed by atoms with Crippen LogP contribution in [0.25, 0.3) is 0 Å². The first-order valence-electron chi connectivity index (χ1n) is 4.34. The minimum absolute atomic E-state index is 0.571. The SMILES string of the molecule is CCCSc1cccc(C(F)(F)F)c1. The van der Waals surface area contributed by atoms with Crippen LogP contribution in [0.5, 0.6) is 0 Å². The molecule has 0 spiro atoms. The Kier molecular flexibility index (Phi) is 3.86. The Bertz CT molecular complexity index is 294. The molecule has 14 heavy (non-hydrogen) atoms. The van der Waals surface area contributed by atoms with E-state index < -0.39 is 11.7 Å². The Hall–Kier alpha value is -0.640. The van der Waals surface area contributed by atoms with Crippen molar-refractivity contribution in [2.45, 2.75) is 24.4 Å². The van der Waals surface area contributed by atoms with Gasteiger partial charge >= 0.3 is 6.18 Å². The first-order valence-corrected chi connectivity index (χ1v) is 5.32. The van der Waals surface area contributed by atoms with E-state index in [0.29, 0.717) is 4.90 Å². The van der Waals surface area contributed by atoms with Crippen molar-refractivity contribution in [1.29, 1.82) is 0 Å². The zero-order valence-corrected chi connectivity index (χ0v) is 8.58. The Morgan fingerprint density at radius 2 is 2.00 bits per heavy atom. The molecule has 4 heteroatoms. The van der Waals surface area contributed by atoms with Crippen LogP contribution in [0.1, 0.15) is 18.9 Å². The molecule has 0 N–H and O–H groups in total. The monoisotopic (exact) mass is 220 g/mol. The highest BCUT2D eigenvalue weighted by molar-refractivity contribution is 7.99. The van der Waals surface area contributed by atoms with E-state index in [2.05, 4.69) is 0 Å². The largest absolute Gasteiger partial charge is 0.416 e. The summed E-state index contributed by atoms with van der Waals surface area (Å²) in [7, 11) is 0. The molecule has 0 nitrogen and oxygen atoms in total. The lowest BCUT2D eigenvalue weighted by Crippen LogP contribution is -2.04. The van der Waals surface area contributed by atoms with Gasteiger partial charge < -0.3 is 0 Å². The molecule has 0 aliphatic carbocycles. The zero-order chi connectivity index (χ0) is 10.6. The van der Waals surface area contributed by atoms with E-state index in [1.54, 1.807) is 6.07 Å². The van der Waals surface area contributed by atoms with Gasteiger partial charge in [0.1, 0.15) is 0 Å². The molecule has 0 aromatic heterocycles. The number of hydrogen-bond acceptors (Lipinski definition) is 1. The fourth-order valence-electron chi connectivity index (χ4n) is 0.982. The maximum Gasteiger partial charge on any atom is 0.416 e. The molecule has 0 atom stereocenters. The summed E-state index contributed by atoms with van der Waals surface area (Å²) in [4.78, 5) is 0.682. The summed E-state index contributed by atoms with van der Waals surface area (Å²) in [6, 6.07) is 5.44. The van der Waals surface area contributed by atoms with Crippen LogP contribution in [0.2, 0.25) is 0 Å².